The van der Waals surface area contributed by atoms with Gasteiger partial charge in [0.15, 0.2) is 5.78 Å². The van der Waals surface area contributed by atoms with Gasteiger partial charge in [0.05, 0.1) is 29.8 Å². The van der Waals surface area contributed by atoms with Crippen molar-refractivity contribution in [2.45, 2.75) is 44.8 Å². The van der Waals surface area contributed by atoms with Gasteiger partial charge in [-0.05, 0) is 38.3 Å². The molecular formula is C20H22O6. The molecule has 6 heteroatoms. The van der Waals surface area contributed by atoms with Gasteiger partial charge >= 0.3 is 11.9 Å². The number of hydrogen-bond donors (Lipinski definition) is 0. The van der Waals surface area contributed by atoms with Crippen molar-refractivity contribution in [3.63, 3.8) is 0 Å². The molecule has 6 atom stereocenters. The van der Waals surface area contributed by atoms with Gasteiger partial charge in [0.25, 0.3) is 0 Å². The van der Waals surface area contributed by atoms with Gasteiger partial charge in [0, 0.05) is 16.7 Å². The molecule has 3 fully saturated rings. The van der Waals surface area contributed by atoms with Gasteiger partial charge in [-0.2, -0.15) is 0 Å². The van der Waals surface area contributed by atoms with E-state index >= 15 is 0 Å². The van der Waals surface area contributed by atoms with E-state index in [1.807, 2.05) is 6.92 Å². The average Bonchev–Trinajstić information content (AvgIpc) is 3.22. The van der Waals surface area contributed by atoms with Crippen LogP contribution in [-0.4, -0.2) is 42.6 Å². The average molecular weight is 358 g/mol. The highest BCUT2D eigenvalue weighted by Gasteiger charge is 2.72. The first-order valence-electron chi connectivity index (χ1n) is 9.24. The van der Waals surface area contributed by atoms with Gasteiger partial charge in [-0.25, -0.2) is 4.79 Å². The minimum Gasteiger partial charge on any atom is -0.465 e. The summed E-state index contributed by atoms with van der Waals surface area (Å²) in [6.07, 6.45) is 6.68. The van der Waals surface area contributed by atoms with E-state index in [1.54, 1.807) is 18.2 Å². The largest absolute Gasteiger partial charge is 0.465 e. The SMILES string of the molecule is C[C@@]12C[C@H](C3=CCOC3=O)O[C@@]1(C)CC[C@@]13COC(=O)[C@@H]1C=CC(=O)[C@@H]32. The van der Waals surface area contributed by atoms with Crippen LogP contribution in [0.4, 0.5) is 0 Å². The highest BCUT2D eigenvalue weighted by atomic mass is 16.6. The predicted molar refractivity (Wildman–Crippen MR) is 88.8 cm³/mol. The normalized spacial score (nSPS) is 49.2. The van der Waals surface area contributed by atoms with E-state index < -0.39 is 16.4 Å². The number of carbonyl (C=O) groups excluding carboxylic acids is 3. The van der Waals surface area contributed by atoms with E-state index in [0.29, 0.717) is 25.0 Å². The third-order valence-electron chi connectivity index (χ3n) is 7.69. The Labute approximate surface area is 151 Å². The zero-order chi connectivity index (χ0) is 18.3. The van der Waals surface area contributed by atoms with Crippen molar-refractivity contribution in [3.8, 4) is 0 Å². The molecule has 26 heavy (non-hydrogen) atoms. The van der Waals surface area contributed by atoms with Crippen LogP contribution in [0.3, 0.4) is 0 Å². The van der Waals surface area contributed by atoms with Crippen LogP contribution in [0.25, 0.3) is 0 Å². The molecule has 2 aliphatic carbocycles. The lowest BCUT2D eigenvalue weighted by atomic mass is 9.45. The first kappa shape index (κ1) is 16.2. The van der Waals surface area contributed by atoms with Crippen molar-refractivity contribution in [3.05, 3.63) is 23.8 Å². The lowest BCUT2D eigenvalue weighted by Crippen LogP contribution is -2.61. The van der Waals surface area contributed by atoms with Gasteiger partial charge < -0.3 is 14.2 Å². The topological polar surface area (TPSA) is 78.9 Å². The maximum atomic E-state index is 13.0. The Morgan fingerprint density at radius 1 is 1.12 bits per heavy atom. The second kappa shape index (κ2) is 4.85. The fraction of sp³-hybridized carbons (Fsp3) is 0.650. The first-order chi connectivity index (χ1) is 12.3. The second-order valence-corrected chi connectivity index (χ2v) is 8.73. The number of allylic oxidation sites excluding steroid dienone is 1. The molecule has 5 aliphatic rings. The number of fused-ring (bicyclic) bond motifs is 2. The Morgan fingerprint density at radius 2 is 1.92 bits per heavy atom. The van der Waals surface area contributed by atoms with Gasteiger partial charge in [-0.15, -0.1) is 0 Å². The van der Waals surface area contributed by atoms with Crippen molar-refractivity contribution in [2.24, 2.45) is 22.7 Å². The van der Waals surface area contributed by atoms with Crippen LogP contribution in [0.1, 0.15) is 33.1 Å². The maximum absolute atomic E-state index is 13.0. The monoisotopic (exact) mass is 358 g/mol. The highest BCUT2D eigenvalue weighted by Crippen LogP contribution is 2.68. The number of ketones is 1. The molecule has 5 rings (SSSR count). The molecule has 3 heterocycles. The molecule has 6 nitrogen and oxygen atoms in total. The number of ether oxygens (including phenoxy) is 3. The molecule has 0 amide bonds. The number of rotatable bonds is 1. The van der Waals surface area contributed by atoms with E-state index in [9.17, 15) is 14.4 Å². The quantitative estimate of drug-likeness (QED) is 0.664. The summed E-state index contributed by atoms with van der Waals surface area (Å²) in [6.45, 7) is 4.69. The van der Waals surface area contributed by atoms with Gasteiger partial charge in [-0.3, -0.25) is 9.59 Å². The van der Waals surface area contributed by atoms with E-state index in [2.05, 4.69) is 6.92 Å². The molecule has 1 spiro atoms. The van der Waals surface area contributed by atoms with Crippen molar-refractivity contribution in [2.75, 3.05) is 13.2 Å². The van der Waals surface area contributed by atoms with Crippen LogP contribution >= 0.6 is 0 Å². The van der Waals surface area contributed by atoms with E-state index in [0.717, 1.165) is 6.42 Å². The summed E-state index contributed by atoms with van der Waals surface area (Å²) in [5, 5.41) is 0. The number of carbonyl (C=O) groups is 3. The lowest BCUT2D eigenvalue weighted by molar-refractivity contribution is -0.170. The molecule has 0 N–H and O–H groups in total. The maximum Gasteiger partial charge on any atom is 0.336 e. The molecule has 2 saturated heterocycles. The number of cyclic esters (lactones) is 2. The molecule has 138 valence electrons. The minimum absolute atomic E-state index is 0.0419. The molecule has 3 aliphatic heterocycles. The Balaban J connectivity index is 1.59. The number of hydrogen-bond acceptors (Lipinski definition) is 6. The summed E-state index contributed by atoms with van der Waals surface area (Å²) in [7, 11) is 0. The highest BCUT2D eigenvalue weighted by molar-refractivity contribution is 5.97. The van der Waals surface area contributed by atoms with Crippen molar-refractivity contribution in [1.82, 2.24) is 0 Å². The first-order valence-corrected chi connectivity index (χ1v) is 9.24. The van der Waals surface area contributed by atoms with Crippen LogP contribution in [0.2, 0.25) is 0 Å². The van der Waals surface area contributed by atoms with Crippen LogP contribution < -0.4 is 0 Å². The summed E-state index contributed by atoms with van der Waals surface area (Å²) in [6, 6.07) is 0. The van der Waals surface area contributed by atoms with Gasteiger partial charge in [0.1, 0.15) is 6.61 Å². The number of esters is 2. The van der Waals surface area contributed by atoms with Crippen LogP contribution in [0.15, 0.2) is 23.8 Å². The molecule has 0 unspecified atom stereocenters. The van der Waals surface area contributed by atoms with E-state index in [-0.39, 0.29) is 42.3 Å². The summed E-state index contributed by atoms with van der Waals surface area (Å²) < 4.78 is 16.9. The fourth-order valence-electron chi connectivity index (χ4n) is 6.18. The third kappa shape index (κ3) is 1.73. The Morgan fingerprint density at radius 3 is 2.65 bits per heavy atom. The molecule has 0 aromatic heterocycles. The summed E-state index contributed by atoms with van der Waals surface area (Å²) >= 11 is 0. The van der Waals surface area contributed by atoms with Crippen LogP contribution in [-0.2, 0) is 28.6 Å². The molecule has 0 radical (unpaired) electrons. The Kier molecular flexibility index (Phi) is 3.03. The van der Waals surface area contributed by atoms with E-state index in [4.69, 9.17) is 14.2 Å². The standard InChI is InChI=1S/C20H22O6/c1-18-9-14(11-5-8-24-16(11)22)26-19(18,2)6-7-20-10-25-17(23)12(20)3-4-13(21)15(18)20/h3-5,12,14-15H,6-10H2,1-2H3/t12-,14+,15+,18-,19-,20+/m0/s1. The molecule has 0 bridgehead atoms. The second-order valence-electron chi connectivity index (χ2n) is 8.73. The Bertz CT molecular complexity index is 796. The van der Waals surface area contributed by atoms with Crippen molar-refractivity contribution < 1.29 is 28.6 Å². The summed E-state index contributed by atoms with van der Waals surface area (Å²) in [5.74, 6) is -1.23. The Hall–Kier alpha value is -1.95. The summed E-state index contributed by atoms with van der Waals surface area (Å²) in [5.41, 5.74) is -0.938. The fourth-order valence-corrected chi connectivity index (χ4v) is 6.18. The molecule has 1 saturated carbocycles. The van der Waals surface area contributed by atoms with Gasteiger partial charge in [-0.1, -0.05) is 13.0 Å². The van der Waals surface area contributed by atoms with Crippen molar-refractivity contribution in [1.29, 1.82) is 0 Å². The minimum atomic E-state index is -0.533. The molecule has 0 aromatic rings. The lowest BCUT2D eigenvalue weighted by Gasteiger charge is -2.57. The molecular weight excluding hydrogens is 336 g/mol. The summed E-state index contributed by atoms with van der Waals surface area (Å²) in [4.78, 5) is 37.3. The zero-order valence-corrected chi connectivity index (χ0v) is 14.9. The van der Waals surface area contributed by atoms with Crippen molar-refractivity contribution >= 4 is 17.7 Å². The van der Waals surface area contributed by atoms with E-state index in [1.165, 1.54) is 0 Å². The van der Waals surface area contributed by atoms with Gasteiger partial charge in [0.2, 0.25) is 0 Å². The predicted octanol–water partition coefficient (Wildman–Crippen LogP) is 1.73. The van der Waals surface area contributed by atoms with Crippen LogP contribution in [0, 0.1) is 22.7 Å². The zero-order valence-electron chi connectivity index (χ0n) is 14.9. The smallest absolute Gasteiger partial charge is 0.336 e. The third-order valence-corrected chi connectivity index (χ3v) is 7.69. The molecule has 0 aromatic carbocycles. The van der Waals surface area contributed by atoms with Crippen LogP contribution in [0.5, 0.6) is 0 Å².